The van der Waals surface area contributed by atoms with Crippen molar-refractivity contribution in [1.82, 2.24) is 24.8 Å². The van der Waals surface area contributed by atoms with Gasteiger partial charge in [-0.3, -0.25) is 9.59 Å². The predicted molar refractivity (Wildman–Crippen MR) is 113 cm³/mol. The number of rotatable bonds is 7. The summed E-state index contributed by atoms with van der Waals surface area (Å²) in [6.45, 7) is 0.354. The standard InChI is InChI=1S/C22H21N5O3/c28-20(24-11-10-16-13-23-14-25-16)19(12-15-6-2-1-3-7-15)27-21(29)17-8-4-5-9-18(17)26-22(27)30/h1-9,13-14,19H,10-12H2,(H,23,25)(H,24,28)(H,26,30)/t19-/m0/s1. The van der Waals surface area contributed by atoms with Gasteiger partial charge in [0, 0.05) is 31.3 Å². The van der Waals surface area contributed by atoms with Gasteiger partial charge in [0.25, 0.3) is 5.56 Å². The second-order valence-electron chi connectivity index (χ2n) is 6.97. The molecule has 4 rings (SSSR count). The molecule has 1 amide bonds. The number of imidazole rings is 1. The number of carbonyl (C=O) groups excluding carboxylic acids is 1. The Balaban J connectivity index is 1.68. The number of aromatic nitrogens is 4. The summed E-state index contributed by atoms with van der Waals surface area (Å²) in [7, 11) is 0. The van der Waals surface area contributed by atoms with Gasteiger partial charge in [-0.15, -0.1) is 0 Å². The van der Waals surface area contributed by atoms with Gasteiger partial charge in [0.05, 0.1) is 17.2 Å². The van der Waals surface area contributed by atoms with Crippen LogP contribution >= 0.6 is 0 Å². The van der Waals surface area contributed by atoms with E-state index in [9.17, 15) is 14.4 Å². The summed E-state index contributed by atoms with van der Waals surface area (Å²) in [5.41, 5.74) is 1.09. The molecule has 0 fully saturated rings. The molecule has 2 heterocycles. The average molecular weight is 403 g/mol. The molecule has 0 aliphatic heterocycles. The highest BCUT2D eigenvalue weighted by Gasteiger charge is 2.25. The van der Waals surface area contributed by atoms with Gasteiger partial charge in [-0.25, -0.2) is 14.3 Å². The highest BCUT2D eigenvalue weighted by molar-refractivity contribution is 5.82. The maximum absolute atomic E-state index is 13.1. The van der Waals surface area contributed by atoms with E-state index in [4.69, 9.17) is 0 Å². The molecule has 0 spiro atoms. The Morgan fingerprint density at radius 2 is 1.83 bits per heavy atom. The van der Waals surface area contributed by atoms with Gasteiger partial charge in [-0.2, -0.15) is 0 Å². The maximum atomic E-state index is 13.1. The predicted octanol–water partition coefficient (Wildman–Crippen LogP) is 1.56. The Bertz CT molecular complexity index is 1260. The fraction of sp³-hybridized carbons (Fsp3) is 0.182. The number of aromatic amines is 2. The Labute approximate surface area is 171 Å². The van der Waals surface area contributed by atoms with Crippen LogP contribution in [0.3, 0.4) is 0 Å². The summed E-state index contributed by atoms with van der Waals surface area (Å²) in [5, 5.41) is 3.20. The van der Waals surface area contributed by atoms with Crippen molar-refractivity contribution in [1.29, 1.82) is 0 Å². The highest BCUT2D eigenvalue weighted by atomic mass is 16.2. The SMILES string of the molecule is O=C(NCCc1cnc[nH]1)[C@H](Cc1ccccc1)n1c(=O)[nH]c2ccccc2c1=O. The average Bonchev–Trinajstić information content (AvgIpc) is 3.27. The zero-order valence-electron chi connectivity index (χ0n) is 16.2. The Kier molecular flexibility index (Phi) is 5.56. The van der Waals surface area contributed by atoms with Crippen LogP contribution in [-0.4, -0.2) is 32.0 Å². The number of para-hydroxylation sites is 1. The van der Waals surface area contributed by atoms with Gasteiger partial charge in [0.2, 0.25) is 5.91 Å². The quantitative estimate of drug-likeness (QED) is 0.435. The lowest BCUT2D eigenvalue weighted by Crippen LogP contribution is -2.45. The molecule has 30 heavy (non-hydrogen) atoms. The molecule has 3 N–H and O–H groups in total. The van der Waals surface area contributed by atoms with E-state index in [1.54, 1.807) is 36.8 Å². The number of fused-ring (bicyclic) bond motifs is 1. The molecular weight excluding hydrogens is 382 g/mol. The van der Waals surface area contributed by atoms with Gasteiger partial charge < -0.3 is 15.3 Å². The van der Waals surface area contributed by atoms with E-state index in [0.717, 1.165) is 15.8 Å². The van der Waals surface area contributed by atoms with Crippen molar-refractivity contribution in [2.75, 3.05) is 6.54 Å². The molecule has 2 aromatic heterocycles. The number of benzene rings is 2. The zero-order chi connectivity index (χ0) is 20.9. The molecule has 8 nitrogen and oxygen atoms in total. The van der Waals surface area contributed by atoms with Crippen molar-refractivity contribution in [3.63, 3.8) is 0 Å². The number of hydrogen-bond donors (Lipinski definition) is 3. The highest BCUT2D eigenvalue weighted by Crippen LogP contribution is 2.13. The first kappa shape index (κ1) is 19.4. The van der Waals surface area contributed by atoms with Crippen LogP contribution in [0.15, 0.2) is 76.7 Å². The zero-order valence-corrected chi connectivity index (χ0v) is 16.2. The van der Waals surface area contributed by atoms with Crippen LogP contribution in [0, 0.1) is 0 Å². The van der Waals surface area contributed by atoms with Gasteiger partial charge in [-0.1, -0.05) is 42.5 Å². The molecule has 0 aliphatic carbocycles. The molecule has 0 bridgehead atoms. The Morgan fingerprint density at radius 1 is 1.07 bits per heavy atom. The summed E-state index contributed by atoms with van der Waals surface area (Å²) in [4.78, 5) is 48.6. The van der Waals surface area contributed by atoms with Crippen molar-refractivity contribution < 1.29 is 4.79 Å². The van der Waals surface area contributed by atoms with E-state index in [1.807, 2.05) is 30.3 Å². The molecular formula is C22H21N5O3. The summed E-state index contributed by atoms with van der Waals surface area (Å²) in [5.74, 6) is -0.388. The van der Waals surface area contributed by atoms with Crippen molar-refractivity contribution in [3.8, 4) is 0 Å². The number of carbonyl (C=O) groups is 1. The topological polar surface area (TPSA) is 113 Å². The fourth-order valence-corrected chi connectivity index (χ4v) is 3.46. The third-order valence-electron chi connectivity index (χ3n) is 4.97. The molecule has 0 saturated heterocycles. The van der Waals surface area contributed by atoms with Crippen molar-refractivity contribution in [2.24, 2.45) is 0 Å². The van der Waals surface area contributed by atoms with Gasteiger partial charge in [0.1, 0.15) is 6.04 Å². The van der Waals surface area contributed by atoms with Crippen LogP contribution < -0.4 is 16.6 Å². The second kappa shape index (κ2) is 8.60. The summed E-state index contributed by atoms with van der Waals surface area (Å²) < 4.78 is 1.01. The third kappa shape index (κ3) is 4.07. The molecule has 152 valence electrons. The van der Waals surface area contributed by atoms with Crippen LogP contribution in [0.2, 0.25) is 0 Å². The molecule has 8 heteroatoms. The largest absolute Gasteiger partial charge is 0.354 e. The summed E-state index contributed by atoms with van der Waals surface area (Å²) in [6.07, 6.45) is 4.04. The van der Waals surface area contributed by atoms with Gasteiger partial charge in [-0.05, 0) is 17.7 Å². The number of H-pyrrole nitrogens is 2. The van der Waals surface area contributed by atoms with Crippen molar-refractivity contribution >= 4 is 16.8 Å². The summed E-state index contributed by atoms with van der Waals surface area (Å²) in [6, 6.07) is 15.1. The molecule has 4 aromatic rings. The van der Waals surface area contributed by atoms with Crippen LogP contribution in [0.4, 0.5) is 0 Å². The minimum Gasteiger partial charge on any atom is -0.354 e. The van der Waals surface area contributed by atoms with E-state index >= 15 is 0 Å². The van der Waals surface area contributed by atoms with E-state index in [2.05, 4.69) is 20.3 Å². The number of nitrogens with one attached hydrogen (secondary N) is 3. The first-order chi connectivity index (χ1) is 14.6. The normalized spacial score (nSPS) is 12.0. The van der Waals surface area contributed by atoms with Gasteiger partial charge in [0.15, 0.2) is 0 Å². The van der Waals surface area contributed by atoms with Crippen molar-refractivity contribution in [3.05, 3.63) is 99.2 Å². The number of nitrogens with zero attached hydrogens (tertiary/aromatic N) is 2. The first-order valence-electron chi connectivity index (χ1n) is 9.66. The van der Waals surface area contributed by atoms with E-state index < -0.39 is 17.3 Å². The second-order valence-corrected chi connectivity index (χ2v) is 6.97. The van der Waals surface area contributed by atoms with E-state index in [0.29, 0.717) is 23.9 Å². The van der Waals surface area contributed by atoms with Crippen LogP contribution in [0.1, 0.15) is 17.3 Å². The molecule has 0 aliphatic rings. The maximum Gasteiger partial charge on any atom is 0.329 e. The van der Waals surface area contributed by atoms with Crippen molar-refractivity contribution in [2.45, 2.75) is 18.9 Å². The third-order valence-corrected chi connectivity index (χ3v) is 4.97. The van der Waals surface area contributed by atoms with Crippen LogP contribution in [0.5, 0.6) is 0 Å². The molecule has 2 aromatic carbocycles. The number of hydrogen-bond acceptors (Lipinski definition) is 4. The number of amides is 1. The smallest absolute Gasteiger partial charge is 0.329 e. The van der Waals surface area contributed by atoms with Crippen LogP contribution in [0.25, 0.3) is 10.9 Å². The molecule has 0 radical (unpaired) electrons. The van der Waals surface area contributed by atoms with Crippen LogP contribution in [-0.2, 0) is 17.6 Å². The molecule has 0 saturated carbocycles. The lowest BCUT2D eigenvalue weighted by Gasteiger charge is -2.19. The lowest BCUT2D eigenvalue weighted by molar-refractivity contribution is -0.124. The Morgan fingerprint density at radius 3 is 2.60 bits per heavy atom. The minimum absolute atomic E-state index is 0.220. The van der Waals surface area contributed by atoms with E-state index in [-0.39, 0.29) is 12.3 Å². The Hall–Kier alpha value is -3.94. The summed E-state index contributed by atoms with van der Waals surface area (Å²) >= 11 is 0. The monoisotopic (exact) mass is 403 g/mol. The molecule has 1 atom stereocenters. The minimum atomic E-state index is -0.977. The first-order valence-corrected chi connectivity index (χ1v) is 9.66. The van der Waals surface area contributed by atoms with E-state index in [1.165, 1.54) is 0 Å². The lowest BCUT2D eigenvalue weighted by atomic mass is 10.0. The molecule has 0 unspecified atom stereocenters. The fourth-order valence-electron chi connectivity index (χ4n) is 3.46. The van der Waals surface area contributed by atoms with Gasteiger partial charge >= 0.3 is 5.69 Å².